The topological polar surface area (TPSA) is 370 Å². The first-order valence-corrected chi connectivity index (χ1v) is 20.3. The highest BCUT2D eigenvalue weighted by Gasteiger charge is 2.35. The van der Waals surface area contributed by atoms with E-state index in [1.165, 1.54) is 0 Å². The van der Waals surface area contributed by atoms with Crippen LogP contribution >= 0.6 is 0 Å². The number of carboxylic acids is 2. The summed E-state index contributed by atoms with van der Waals surface area (Å²) in [5.74, 6) is -9.33. The first kappa shape index (κ1) is 54.1. The third-order valence-corrected chi connectivity index (χ3v) is 9.38. The minimum Gasteiger partial charge on any atom is -0.481 e. The van der Waals surface area contributed by atoms with Crippen molar-refractivity contribution in [3.63, 3.8) is 0 Å². The zero-order valence-corrected chi connectivity index (χ0v) is 35.3. The second-order valence-corrected chi connectivity index (χ2v) is 15.7. The maximum atomic E-state index is 13.9. The van der Waals surface area contributed by atoms with Crippen LogP contribution in [0.3, 0.4) is 0 Å². The summed E-state index contributed by atoms with van der Waals surface area (Å²) in [6.45, 7) is 11.2. The van der Waals surface area contributed by atoms with Crippen molar-refractivity contribution in [2.24, 2.45) is 40.7 Å². The molecule has 21 nitrogen and oxygen atoms in total. The van der Waals surface area contributed by atoms with E-state index in [1.54, 1.807) is 41.5 Å². The van der Waals surface area contributed by atoms with Gasteiger partial charge in [0.2, 0.25) is 41.4 Å². The van der Waals surface area contributed by atoms with Gasteiger partial charge in [-0.2, -0.15) is 0 Å². The Morgan fingerprint density at radius 3 is 1.37 bits per heavy atom. The van der Waals surface area contributed by atoms with Gasteiger partial charge in [-0.25, -0.2) is 4.79 Å². The predicted octanol–water partition coefficient (Wildman–Crippen LogP) is -1.95. The second kappa shape index (κ2) is 28.5. The molecule has 0 rings (SSSR count). The van der Waals surface area contributed by atoms with Gasteiger partial charge in [-0.05, 0) is 82.2 Å². The van der Waals surface area contributed by atoms with Crippen LogP contribution in [0.2, 0.25) is 0 Å². The summed E-state index contributed by atoms with van der Waals surface area (Å²) in [5, 5.41) is 33.9. The number of aliphatic carboxylic acids is 2. The average molecular weight is 843 g/mol. The number of hydrogen-bond acceptors (Lipinski definition) is 12. The van der Waals surface area contributed by atoms with Gasteiger partial charge >= 0.3 is 11.9 Å². The minimum atomic E-state index is -1.58. The largest absolute Gasteiger partial charge is 0.481 e. The maximum Gasteiger partial charge on any atom is 0.326 e. The van der Waals surface area contributed by atoms with Gasteiger partial charge < -0.3 is 65.0 Å². The van der Waals surface area contributed by atoms with Crippen molar-refractivity contribution in [2.75, 3.05) is 13.1 Å². The van der Waals surface area contributed by atoms with Crippen LogP contribution in [-0.2, 0) is 43.2 Å². The van der Waals surface area contributed by atoms with Crippen molar-refractivity contribution < 1.29 is 53.4 Å². The van der Waals surface area contributed by atoms with Crippen molar-refractivity contribution in [1.82, 2.24) is 31.9 Å². The standard InChI is InChI=1S/C38H70N10O11/c1-7-22(6)31(48-34(54)25(13-9-11-15-40)43-32(52)23(41)18-30(50)51)37(57)46-26(16-20(2)3)35(55)44-24(12-8-10-14-39)33(53)45-27(19-29(42)49)36(56)47-28(38(58)59)17-21(4)5/h20-28,31H,7-19,39-41H2,1-6H3,(H2,42,49)(H,43,52)(H,44,55)(H,45,53)(H,46,57)(H,47,56)(H,48,54)(H,50,51)(H,58,59). The Hall–Kier alpha value is -4.89. The van der Waals surface area contributed by atoms with Gasteiger partial charge in [-0.3, -0.25) is 38.4 Å². The Labute approximate surface area is 346 Å². The van der Waals surface area contributed by atoms with Gasteiger partial charge in [0.1, 0.15) is 36.3 Å². The highest BCUT2D eigenvalue weighted by atomic mass is 16.4. The minimum absolute atomic E-state index is 0.0338. The van der Waals surface area contributed by atoms with E-state index in [-0.39, 0.29) is 44.1 Å². The molecule has 0 aromatic heterocycles. The highest BCUT2D eigenvalue weighted by molar-refractivity contribution is 5.98. The quantitative estimate of drug-likeness (QED) is 0.0338. The van der Waals surface area contributed by atoms with E-state index >= 15 is 0 Å². The monoisotopic (exact) mass is 843 g/mol. The summed E-state index contributed by atoms with van der Waals surface area (Å²) in [7, 11) is 0. The SMILES string of the molecule is CCC(C)C(NC(=O)C(CCCCN)NC(=O)C(N)CC(=O)O)C(=O)NC(CC(C)C)C(=O)NC(CCCCN)C(=O)NC(CC(N)=O)C(=O)NC(CC(C)C)C(=O)O. The van der Waals surface area contributed by atoms with E-state index < -0.39 is 114 Å². The number of rotatable bonds is 31. The molecule has 0 spiro atoms. The Morgan fingerprint density at radius 2 is 0.932 bits per heavy atom. The molecule has 16 N–H and O–H groups in total. The van der Waals surface area contributed by atoms with E-state index in [4.69, 9.17) is 28.0 Å². The Balaban J connectivity index is 6.45. The van der Waals surface area contributed by atoms with Crippen molar-refractivity contribution in [3.05, 3.63) is 0 Å². The Morgan fingerprint density at radius 1 is 0.525 bits per heavy atom. The second-order valence-electron chi connectivity index (χ2n) is 15.7. The molecule has 0 heterocycles. The van der Waals surface area contributed by atoms with Crippen molar-refractivity contribution in [1.29, 1.82) is 0 Å². The lowest BCUT2D eigenvalue weighted by atomic mass is 9.96. The van der Waals surface area contributed by atoms with Gasteiger partial charge in [0, 0.05) is 0 Å². The number of amides is 7. The summed E-state index contributed by atoms with van der Waals surface area (Å²) in [6.07, 6.45) is 1.09. The number of carbonyl (C=O) groups excluding carboxylic acids is 7. The normalized spacial score (nSPS) is 15.3. The van der Waals surface area contributed by atoms with Gasteiger partial charge in [-0.15, -0.1) is 0 Å². The molecule has 8 unspecified atom stereocenters. The zero-order chi connectivity index (χ0) is 45.4. The van der Waals surface area contributed by atoms with Gasteiger partial charge in [0.15, 0.2) is 0 Å². The number of unbranched alkanes of at least 4 members (excludes halogenated alkanes) is 2. The fourth-order valence-electron chi connectivity index (χ4n) is 5.92. The molecule has 0 radical (unpaired) electrons. The lowest BCUT2D eigenvalue weighted by Crippen LogP contribution is -2.61. The fraction of sp³-hybridized carbons (Fsp3) is 0.763. The zero-order valence-electron chi connectivity index (χ0n) is 35.3. The molecule has 0 aliphatic heterocycles. The highest BCUT2D eigenvalue weighted by Crippen LogP contribution is 2.14. The van der Waals surface area contributed by atoms with Crippen LogP contribution < -0.4 is 54.8 Å². The number of carboxylic acid groups (broad SMARTS) is 2. The van der Waals surface area contributed by atoms with Gasteiger partial charge in [0.25, 0.3) is 0 Å². The molecule has 0 saturated carbocycles. The molecule has 0 aromatic rings. The molecule has 0 bridgehead atoms. The van der Waals surface area contributed by atoms with Crippen LogP contribution in [0.5, 0.6) is 0 Å². The molecule has 0 saturated heterocycles. The van der Waals surface area contributed by atoms with Crippen molar-refractivity contribution in [3.8, 4) is 0 Å². The fourth-order valence-corrected chi connectivity index (χ4v) is 5.92. The average Bonchev–Trinajstić information content (AvgIpc) is 3.13. The molecule has 8 atom stereocenters. The predicted molar refractivity (Wildman–Crippen MR) is 217 cm³/mol. The van der Waals surface area contributed by atoms with E-state index in [9.17, 15) is 48.3 Å². The third-order valence-electron chi connectivity index (χ3n) is 9.38. The van der Waals surface area contributed by atoms with Crippen molar-refractivity contribution in [2.45, 2.75) is 154 Å². The lowest BCUT2D eigenvalue weighted by molar-refractivity contribution is -0.143. The Bertz CT molecular complexity index is 1410. The van der Waals surface area contributed by atoms with Crippen LogP contribution in [0, 0.1) is 17.8 Å². The van der Waals surface area contributed by atoms with E-state index in [0.717, 1.165) is 0 Å². The number of primary amides is 1. The summed E-state index contributed by atoms with van der Waals surface area (Å²) < 4.78 is 0. The van der Waals surface area contributed by atoms with Crippen LogP contribution in [0.4, 0.5) is 0 Å². The molecule has 0 fully saturated rings. The smallest absolute Gasteiger partial charge is 0.326 e. The summed E-state index contributed by atoms with van der Waals surface area (Å²) in [4.78, 5) is 116. The van der Waals surface area contributed by atoms with Crippen LogP contribution in [-0.4, -0.2) is 119 Å². The van der Waals surface area contributed by atoms with Crippen LogP contribution in [0.1, 0.15) is 112 Å². The van der Waals surface area contributed by atoms with Crippen LogP contribution in [0.15, 0.2) is 0 Å². The molecular weight excluding hydrogens is 772 g/mol. The maximum absolute atomic E-state index is 13.9. The lowest BCUT2D eigenvalue weighted by Gasteiger charge is -2.30. The molecule has 0 aliphatic rings. The number of hydrogen-bond donors (Lipinski definition) is 12. The van der Waals surface area contributed by atoms with E-state index in [2.05, 4.69) is 31.9 Å². The van der Waals surface area contributed by atoms with Crippen LogP contribution in [0.25, 0.3) is 0 Å². The summed E-state index contributed by atoms with van der Waals surface area (Å²) >= 11 is 0. The first-order chi connectivity index (χ1) is 27.6. The molecule has 59 heavy (non-hydrogen) atoms. The molecule has 0 aromatic carbocycles. The van der Waals surface area contributed by atoms with Crippen molar-refractivity contribution >= 4 is 53.3 Å². The number of nitrogens with one attached hydrogen (secondary N) is 6. The summed E-state index contributed by atoms with van der Waals surface area (Å²) in [5.41, 5.74) is 22.3. The summed E-state index contributed by atoms with van der Waals surface area (Å²) in [6, 6.07) is -9.27. The van der Waals surface area contributed by atoms with Gasteiger partial charge in [0.05, 0.1) is 18.9 Å². The molecule has 338 valence electrons. The molecule has 21 heteroatoms. The molecule has 0 aliphatic carbocycles. The van der Waals surface area contributed by atoms with E-state index in [0.29, 0.717) is 38.6 Å². The Kier molecular flexibility index (Phi) is 26.2. The number of nitrogens with two attached hydrogens (primary N) is 4. The number of carbonyl (C=O) groups is 9. The molecule has 7 amide bonds. The van der Waals surface area contributed by atoms with E-state index in [1.807, 2.05) is 0 Å². The van der Waals surface area contributed by atoms with Gasteiger partial charge in [-0.1, -0.05) is 48.0 Å². The first-order valence-electron chi connectivity index (χ1n) is 20.3. The molecular formula is C38H70N10O11. The third kappa shape index (κ3) is 22.2.